The van der Waals surface area contributed by atoms with Gasteiger partial charge in [0.1, 0.15) is 5.82 Å². The van der Waals surface area contributed by atoms with Gasteiger partial charge in [-0.3, -0.25) is 0 Å². The number of aromatic nitrogens is 2. The number of fused-ring (bicyclic) bond motifs is 1. The molecule has 5 heteroatoms. The molecule has 1 aliphatic rings. The summed E-state index contributed by atoms with van der Waals surface area (Å²) in [5, 5.41) is 4.50. The zero-order chi connectivity index (χ0) is 14.8. The molecule has 1 heterocycles. The first-order valence-electron chi connectivity index (χ1n) is 7.48. The quantitative estimate of drug-likeness (QED) is 0.671. The van der Waals surface area contributed by atoms with E-state index in [0.29, 0.717) is 6.04 Å². The summed E-state index contributed by atoms with van der Waals surface area (Å²) in [6.45, 7) is 6.29. The van der Waals surface area contributed by atoms with Crippen molar-refractivity contribution in [3.05, 3.63) is 46.6 Å². The molecule has 1 aliphatic carbocycles. The van der Waals surface area contributed by atoms with Crippen LogP contribution in [0.4, 0.5) is 5.82 Å². The molecule has 0 spiro atoms. The van der Waals surface area contributed by atoms with Crippen molar-refractivity contribution in [3.8, 4) is 0 Å². The molecule has 1 N–H and O–H groups in total. The van der Waals surface area contributed by atoms with E-state index in [2.05, 4.69) is 60.3 Å². The fraction of sp³-hybridized carbons (Fsp3) is 0.412. The zero-order valence-electron chi connectivity index (χ0n) is 13.2. The molecule has 0 unspecified atom stereocenters. The first kappa shape index (κ1) is 17.1. The van der Waals surface area contributed by atoms with E-state index in [-0.39, 0.29) is 12.4 Å². The molecule has 0 radical (unpaired) electrons. The molecule has 118 valence electrons. The van der Waals surface area contributed by atoms with E-state index in [0.717, 1.165) is 40.8 Å². The number of hydrogen-bond acceptors (Lipinski definition) is 4. The van der Waals surface area contributed by atoms with E-state index < -0.39 is 0 Å². The lowest BCUT2D eigenvalue weighted by Gasteiger charge is -2.16. The third-order valence-electron chi connectivity index (χ3n) is 4.03. The summed E-state index contributed by atoms with van der Waals surface area (Å²) in [6, 6.07) is 9.14. The van der Waals surface area contributed by atoms with E-state index in [1.807, 2.05) is 0 Å². The summed E-state index contributed by atoms with van der Waals surface area (Å²) >= 11 is 1.70. The maximum absolute atomic E-state index is 4.69. The molecule has 1 aromatic carbocycles. The Morgan fingerprint density at radius 1 is 1.14 bits per heavy atom. The molecule has 1 aromatic heterocycles. The molecule has 0 saturated carbocycles. The number of hydrogen-bond donors (Lipinski definition) is 1. The van der Waals surface area contributed by atoms with E-state index >= 15 is 0 Å². The lowest BCUT2D eigenvalue weighted by atomic mass is 10.1. The van der Waals surface area contributed by atoms with Gasteiger partial charge in [-0.25, -0.2) is 9.97 Å². The molecule has 3 nitrogen and oxygen atoms in total. The lowest BCUT2D eigenvalue weighted by Crippen LogP contribution is -2.21. The minimum atomic E-state index is 0. The SMILES string of the molecule is CCSc1nc(C)c(C)c(NC2Cc3ccccc3C2)n1.Cl. The predicted octanol–water partition coefficient (Wildman–Crippen LogP) is 4.21. The zero-order valence-corrected chi connectivity index (χ0v) is 14.9. The number of benzene rings is 1. The Morgan fingerprint density at radius 3 is 2.36 bits per heavy atom. The standard InChI is InChI=1S/C17H21N3S.ClH/c1-4-21-17-18-12(3)11(2)16(20-17)19-15-9-13-7-5-6-8-14(13)10-15;/h5-8,15H,4,9-10H2,1-3H3,(H,18,19,20);1H. The summed E-state index contributed by atoms with van der Waals surface area (Å²) in [5.41, 5.74) is 5.15. The number of anilines is 1. The molecule has 0 bridgehead atoms. The van der Waals surface area contributed by atoms with Gasteiger partial charge in [-0.1, -0.05) is 43.0 Å². The fourth-order valence-corrected chi connectivity index (χ4v) is 3.41. The van der Waals surface area contributed by atoms with Crippen LogP contribution >= 0.6 is 24.2 Å². The second kappa shape index (κ2) is 7.34. The van der Waals surface area contributed by atoms with Crippen molar-refractivity contribution in [1.29, 1.82) is 0 Å². The average Bonchev–Trinajstić information content (AvgIpc) is 2.87. The van der Waals surface area contributed by atoms with Gasteiger partial charge in [-0.05, 0) is 43.6 Å². The van der Waals surface area contributed by atoms with Crippen LogP contribution in [0.5, 0.6) is 0 Å². The molecular weight excluding hydrogens is 314 g/mol. The number of nitrogens with zero attached hydrogens (tertiary/aromatic N) is 2. The van der Waals surface area contributed by atoms with Crippen molar-refractivity contribution in [1.82, 2.24) is 9.97 Å². The summed E-state index contributed by atoms with van der Waals surface area (Å²) in [7, 11) is 0. The van der Waals surface area contributed by atoms with Crippen LogP contribution in [0.1, 0.15) is 29.3 Å². The highest BCUT2D eigenvalue weighted by Crippen LogP contribution is 2.26. The highest BCUT2D eigenvalue weighted by molar-refractivity contribution is 7.99. The highest BCUT2D eigenvalue weighted by Gasteiger charge is 2.22. The Hall–Kier alpha value is -1.26. The van der Waals surface area contributed by atoms with Crippen molar-refractivity contribution < 1.29 is 0 Å². The van der Waals surface area contributed by atoms with Crippen molar-refractivity contribution in [2.75, 3.05) is 11.1 Å². The summed E-state index contributed by atoms with van der Waals surface area (Å²) in [5.74, 6) is 1.99. The second-order valence-electron chi connectivity index (χ2n) is 5.52. The largest absolute Gasteiger partial charge is 0.366 e. The maximum atomic E-state index is 4.69. The second-order valence-corrected chi connectivity index (χ2v) is 6.75. The van der Waals surface area contributed by atoms with Gasteiger partial charge in [0.25, 0.3) is 0 Å². The number of halogens is 1. The molecule has 0 atom stereocenters. The van der Waals surface area contributed by atoms with Gasteiger partial charge < -0.3 is 5.32 Å². The summed E-state index contributed by atoms with van der Waals surface area (Å²) < 4.78 is 0. The number of aryl methyl sites for hydroxylation is 1. The third kappa shape index (κ3) is 3.55. The number of rotatable bonds is 4. The minimum Gasteiger partial charge on any atom is -0.366 e. The molecule has 0 fully saturated rings. The lowest BCUT2D eigenvalue weighted by molar-refractivity contribution is 0.758. The minimum absolute atomic E-state index is 0. The molecule has 2 aromatic rings. The van der Waals surface area contributed by atoms with Gasteiger partial charge in [0.15, 0.2) is 5.16 Å². The Labute approximate surface area is 142 Å². The molecule has 3 rings (SSSR count). The van der Waals surface area contributed by atoms with E-state index in [1.165, 1.54) is 11.1 Å². The number of thioether (sulfide) groups is 1. The van der Waals surface area contributed by atoms with Gasteiger partial charge >= 0.3 is 0 Å². The summed E-state index contributed by atoms with van der Waals surface area (Å²) in [6.07, 6.45) is 2.16. The smallest absolute Gasteiger partial charge is 0.189 e. The average molecular weight is 336 g/mol. The first-order chi connectivity index (χ1) is 10.2. The number of nitrogens with one attached hydrogen (secondary N) is 1. The van der Waals surface area contributed by atoms with Crippen LogP contribution in [0.3, 0.4) is 0 Å². The van der Waals surface area contributed by atoms with Crippen molar-refractivity contribution in [2.24, 2.45) is 0 Å². The highest BCUT2D eigenvalue weighted by atomic mass is 35.5. The molecule has 0 amide bonds. The molecule has 0 aliphatic heterocycles. The molecule has 22 heavy (non-hydrogen) atoms. The molecular formula is C17H22ClN3S. The van der Waals surface area contributed by atoms with Crippen LogP contribution in [0.25, 0.3) is 0 Å². The van der Waals surface area contributed by atoms with Gasteiger partial charge in [0.2, 0.25) is 0 Å². The topological polar surface area (TPSA) is 37.8 Å². The van der Waals surface area contributed by atoms with Crippen LogP contribution in [-0.4, -0.2) is 21.8 Å². The van der Waals surface area contributed by atoms with Crippen molar-refractivity contribution in [2.45, 2.75) is 44.8 Å². The van der Waals surface area contributed by atoms with Crippen LogP contribution in [0, 0.1) is 13.8 Å². The van der Waals surface area contributed by atoms with Gasteiger partial charge in [0.05, 0.1) is 0 Å². The van der Waals surface area contributed by atoms with E-state index in [1.54, 1.807) is 11.8 Å². The fourth-order valence-electron chi connectivity index (χ4n) is 2.79. The van der Waals surface area contributed by atoms with Crippen LogP contribution in [0.2, 0.25) is 0 Å². The Morgan fingerprint density at radius 2 is 1.77 bits per heavy atom. The van der Waals surface area contributed by atoms with Crippen LogP contribution in [0.15, 0.2) is 29.4 Å². The van der Waals surface area contributed by atoms with Gasteiger partial charge in [0, 0.05) is 17.3 Å². The Bertz CT molecular complexity index is 635. The van der Waals surface area contributed by atoms with Crippen LogP contribution in [-0.2, 0) is 12.8 Å². The van der Waals surface area contributed by atoms with Gasteiger partial charge in [-0.2, -0.15) is 0 Å². The molecule has 0 saturated heterocycles. The normalized spacial score (nSPS) is 13.6. The van der Waals surface area contributed by atoms with E-state index in [4.69, 9.17) is 0 Å². The van der Waals surface area contributed by atoms with Crippen molar-refractivity contribution >= 4 is 30.0 Å². The Balaban J connectivity index is 0.00000176. The van der Waals surface area contributed by atoms with Gasteiger partial charge in [-0.15, -0.1) is 12.4 Å². The van der Waals surface area contributed by atoms with Crippen LogP contribution < -0.4 is 5.32 Å². The monoisotopic (exact) mass is 335 g/mol. The first-order valence-corrected chi connectivity index (χ1v) is 8.47. The summed E-state index contributed by atoms with van der Waals surface area (Å²) in [4.78, 5) is 9.24. The predicted molar refractivity (Wildman–Crippen MR) is 96.4 cm³/mol. The maximum Gasteiger partial charge on any atom is 0.189 e. The third-order valence-corrected chi connectivity index (χ3v) is 4.76. The Kier molecular flexibility index (Phi) is 5.70. The van der Waals surface area contributed by atoms with E-state index in [9.17, 15) is 0 Å². The van der Waals surface area contributed by atoms with Crippen molar-refractivity contribution in [3.63, 3.8) is 0 Å².